The van der Waals surface area contributed by atoms with Gasteiger partial charge in [-0.2, -0.15) is 0 Å². The van der Waals surface area contributed by atoms with Crippen LogP contribution in [0.3, 0.4) is 0 Å². The molecule has 0 spiro atoms. The molecule has 25 heavy (non-hydrogen) atoms. The first-order chi connectivity index (χ1) is 11.9. The van der Waals surface area contributed by atoms with Crippen molar-refractivity contribution in [2.24, 2.45) is 0 Å². The summed E-state index contributed by atoms with van der Waals surface area (Å²) in [4.78, 5) is 30.2. The summed E-state index contributed by atoms with van der Waals surface area (Å²) in [5, 5.41) is 6.40. The van der Waals surface area contributed by atoms with Gasteiger partial charge in [0.05, 0.1) is 22.9 Å². The van der Waals surface area contributed by atoms with Gasteiger partial charge >= 0.3 is 5.97 Å². The van der Waals surface area contributed by atoms with E-state index in [2.05, 4.69) is 24.1 Å². The van der Waals surface area contributed by atoms with Crippen molar-refractivity contribution in [1.29, 1.82) is 0 Å². The smallest absolute Gasteiger partial charge is 0.341 e. The Balaban J connectivity index is 1.87. The Hall–Kier alpha value is -1.73. The fraction of sp³-hybridized carbons (Fsp3) is 0.500. The largest absolute Gasteiger partial charge is 0.462 e. The summed E-state index contributed by atoms with van der Waals surface area (Å²) in [6.45, 7) is 8.05. The fourth-order valence-electron chi connectivity index (χ4n) is 2.61. The minimum atomic E-state index is -0.357. The first-order valence-corrected chi connectivity index (χ1v) is 10.2. The Kier molecular flexibility index (Phi) is 5.24. The molecule has 2 heterocycles. The quantitative estimate of drug-likeness (QED) is 0.723. The van der Waals surface area contributed by atoms with Crippen molar-refractivity contribution < 1.29 is 14.3 Å². The molecule has 0 atom stereocenters. The Morgan fingerprint density at radius 3 is 2.68 bits per heavy atom. The van der Waals surface area contributed by atoms with E-state index in [-0.39, 0.29) is 17.8 Å². The maximum Gasteiger partial charge on any atom is 0.341 e. The summed E-state index contributed by atoms with van der Waals surface area (Å²) in [5.41, 5.74) is 2.25. The highest BCUT2D eigenvalue weighted by Crippen LogP contribution is 2.46. The third-order valence-corrected chi connectivity index (χ3v) is 6.43. The van der Waals surface area contributed by atoms with Crippen LogP contribution in [-0.4, -0.2) is 23.5 Å². The minimum Gasteiger partial charge on any atom is -0.462 e. The van der Waals surface area contributed by atoms with Crippen LogP contribution in [0.4, 0.5) is 5.00 Å². The van der Waals surface area contributed by atoms with Crippen LogP contribution in [0.15, 0.2) is 5.38 Å². The van der Waals surface area contributed by atoms with E-state index in [9.17, 15) is 9.59 Å². The van der Waals surface area contributed by atoms with Gasteiger partial charge < -0.3 is 10.1 Å². The van der Waals surface area contributed by atoms with Crippen LogP contribution >= 0.6 is 22.7 Å². The zero-order valence-electron chi connectivity index (χ0n) is 14.8. The van der Waals surface area contributed by atoms with E-state index in [1.807, 2.05) is 12.3 Å². The Labute approximate surface area is 155 Å². The molecule has 1 aliphatic rings. The van der Waals surface area contributed by atoms with Crippen molar-refractivity contribution in [1.82, 2.24) is 4.98 Å². The molecule has 1 saturated carbocycles. The van der Waals surface area contributed by atoms with E-state index in [1.54, 1.807) is 6.92 Å². The molecule has 0 saturated heterocycles. The highest BCUT2D eigenvalue weighted by molar-refractivity contribution is 7.16. The molecule has 2 aromatic rings. The summed E-state index contributed by atoms with van der Waals surface area (Å²) in [7, 11) is 0. The maximum atomic E-state index is 12.7. The lowest BCUT2D eigenvalue weighted by Crippen LogP contribution is -2.15. The van der Waals surface area contributed by atoms with Crippen molar-refractivity contribution in [3.05, 3.63) is 32.1 Å². The highest BCUT2D eigenvalue weighted by atomic mass is 32.1. The Morgan fingerprint density at radius 2 is 2.12 bits per heavy atom. The second-order valence-corrected chi connectivity index (χ2v) is 8.38. The number of esters is 1. The number of ether oxygens (including phenoxy) is 1. The number of anilines is 1. The van der Waals surface area contributed by atoms with Gasteiger partial charge in [0.1, 0.15) is 9.88 Å². The number of thiazole rings is 1. The Morgan fingerprint density at radius 1 is 1.40 bits per heavy atom. The molecule has 3 rings (SSSR count). The van der Waals surface area contributed by atoms with E-state index >= 15 is 0 Å². The van der Waals surface area contributed by atoms with Crippen molar-refractivity contribution in [2.75, 3.05) is 11.9 Å². The number of aryl methyl sites for hydroxylation is 1. The summed E-state index contributed by atoms with van der Waals surface area (Å²) >= 11 is 2.80. The average molecular weight is 379 g/mol. The molecule has 0 aromatic carbocycles. The number of hydrogen-bond acceptors (Lipinski definition) is 6. The van der Waals surface area contributed by atoms with Gasteiger partial charge in [-0.1, -0.05) is 13.8 Å². The van der Waals surface area contributed by atoms with Gasteiger partial charge in [0.2, 0.25) is 0 Å². The van der Waals surface area contributed by atoms with E-state index in [4.69, 9.17) is 4.74 Å². The third-order valence-electron chi connectivity index (χ3n) is 4.06. The summed E-state index contributed by atoms with van der Waals surface area (Å²) in [5.74, 6) is 0.129. The average Bonchev–Trinajstić information content (AvgIpc) is 3.19. The zero-order valence-corrected chi connectivity index (χ0v) is 16.5. The zero-order chi connectivity index (χ0) is 18.1. The van der Waals surface area contributed by atoms with Gasteiger partial charge in [0, 0.05) is 5.92 Å². The molecule has 0 unspecified atom stereocenters. The monoisotopic (exact) mass is 378 g/mol. The van der Waals surface area contributed by atoms with Gasteiger partial charge in [0.25, 0.3) is 5.91 Å². The first kappa shape index (κ1) is 18.1. The number of nitrogens with zero attached hydrogens (tertiary/aromatic N) is 1. The highest BCUT2D eigenvalue weighted by Gasteiger charge is 2.32. The van der Waals surface area contributed by atoms with Gasteiger partial charge in [-0.25, -0.2) is 9.78 Å². The van der Waals surface area contributed by atoms with E-state index in [0.717, 1.165) is 29.1 Å². The van der Waals surface area contributed by atoms with Crippen LogP contribution in [0.1, 0.15) is 81.7 Å². The van der Waals surface area contributed by atoms with Gasteiger partial charge in [-0.15, -0.1) is 22.7 Å². The first-order valence-electron chi connectivity index (χ1n) is 8.49. The molecule has 1 N–H and O–H groups in total. The molecule has 1 fully saturated rings. The molecule has 2 aromatic heterocycles. The third kappa shape index (κ3) is 3.77. The predicted molar refractivity (Wildman–Crippen MR) is 101 cm³/mol. The van der Waals surface area contributed by atoms with Crippen molar-refractivity contribution in [3.63, 3.8) is 0 Å². The van der Waals surface area contributed by atoms with Crippen LogP contribution in [0.2, 0.25) is 0 Å². The van der Waals surface area contributed by atoms with Crippen LogP contribution in [0.25, 0.3) is 0 Å². The van der Waals surface area contributed by atoms with Gasteiger partial charge in [-0.05, 0) is 43.6 Å². The summed E-state index contributed by atoms with van der Waals surface area (Å²) < 4.78 is 5.20. The second kappa shape index (κ2) is 7.25. The van der Waals surface area contributed by atoms with Crippen molar-refractivity contribution in [3.8, 4) is 0 Å². The lowest BCUT2D eigenvalue weighted by atomic mass is 10.1. The Bertz CT molecular complexity index is 803. The molecule has 1 amide bonds. The molecule has 0 aliphatic heterocycles. The molecule has 1 aliphatic carbocycles. The molecule has 134 valence electrons. The standard InChI is InChI=1S/C18H22N2O3S2/c1-5-23-18(22)13-12(11-6-7-11)8-24-17(13)20-15(21)14-10(4)19-16(25-14)9(2)3/h8-9,11H,5-7H2,1-4H3,(H,20,21). The van der Waals surface area contributed by atoms with Gasteiger partial charge in [-0.3, -0.25) is 4.79 Å². The maximum absolute atomic E-state index is 12.7. The molecule has 0 radical (unpaired) electrons. The van der Waals surface area contributed by atoms with Gasteiger partial charge in [0.15, 0.2) is 0 Å². The normalized spacial score (nSPS) is 14.0. The molecule has 5 nitrogen and oxygen atoms in total. The number of carbonyl (C=O) groups excluding carboxylic acids is 2. The van der Waals surface area contributed by atoms with E-state index in [1.165, 1.54) is 22.7 Å². The number of aromatic nitrogens is 1. The molecular weight excluding hydrogens is 356 g/mol. The van der Waals surface area contributed by atoms with Crippen LogP contribution in [0, 0.1) is 6.92 Å². The minimum absolute atomic E-state index is 0.211. The summed E-state index contributed by atoms with van der Waals surface area (Å²) in [6, 6.07) is 0. The lowest BCUT2D eigenvalue weighted by Gasteiger charge is -2.07. The van der Waals surface area contributed by atoms with E-state index < -0.39 is 0 Å². The number of thiophene rings is 1. The fourth-order valence-corrected chi connectivity index (χ4v) is 4.60. The number of carbonyl (C=O) groups is 2. The number of rotatable bonds is 6. The van der Waals surface area contributed by atoms with Crippen molar-refractivity contribution in [2.45, 2.75) is 52.4 Å². The second-order valence-electron chi connectivity index (χ2n) is 6.47. The number of amides is 1. The van der Waals surface area contributed by atoms with Crippen molar-refractivity contribution >= 4 is 39.6 Å². The van der Waals surface area contributed by atoms with Crippen LogP contribution in [-0.2, 0) is 4.74 Å². The number of nitrogens with one attached hydrogen (secondary N) is 1. The lowest BCUT2D eigenvalue weighted by molar-refractivity contribution is 0.0527. The van der Waals surface area contributed by atoms with E-state index in [0.29, 0.717) is 28.0 Å². The molecular formula is C18H22N2O3S2. The van der Waals surface area contributed by atoms with Crippen LogP contribution in [0.5, 0.6) is 0 Å². The predicted octanol–water partition coefficient (Wildman–Crippen LogP) is 4.94. The SMILES string of the molecule is CCOC(=O)c1c(C2CC2)csc1NC(=O)c1sc(C(C)C)nc1C. The van der Waals surface area contributed by atoms with Crippen LogP contribution < -0.4 is 5.32 Å². The number of hydrogen-bond donors (Lipinski definition) is 1. The summed E-state index contributed by atoms with van der Waals surface area (Å²) in [6.07, 6.45) is 2.17. The topological polar surface area (TPSA) is 68.3 Å². The molecule has 0 bridgehead atoms. The molecule has 7 heteroatoms.